The average molecular weight is 292 g/mol. The maximum atomic E-state index is 10.4. The van der Waals surface area contributed by atoms with Crippen molar-refractivity contribution in [2.24, 2.45) is 0 Å². The zero-order valence-corrected chi connectivity index (χ0v) is 12.2. The highest BCUT2D eigenvalue weighted by Gasteiger charge is 2.54. The van der Waals surface area contributed by atoms with Crippen LogP contribution in [0.3, 0.4) is 0 Å². The summed E-state index contributed by atoms with van der Waals surface area (Å²) in [5.74, 6) is 0. The van der Waals surface area contributed by atoms with Gasteiger partial charge in [-0.1, -0.05) is 42.5 Å². The van der Waals surface area contributed by atoms with Crippen molar-refractivity contribution in [1.29, 1.82) is 0 Å². The van der Waals surface area contributed by atoms with Gasteiger partial charge in [0.2, 0.25) is 0 Å². The lowest BCUT2D eigenvalue weighted by Gasteiger charge is -2.25. The van der Waals surface area contributed by atoms with E-state index in [-0.39, 0.29) is 12.2 Å². The average Bonchev–Trinajstić information content (AvgIpc) is 3.32. The predicted molar refractivity (Wildman–Crippen MR) is 84.8 cm³/mol. The minimum absolute atomic E-state index is 0.0855. The normalized spacial score (nSPS) is 29.4. The van der Waals surface area contributed by atoms with E-state index in [1.54, 1.807) is 0 Å². The van der Waals surface area contributed by atoms with Crippen molar-refractivity contribution >= 4 is 21.5 Å². The largest absolute Gasteiger partial charge is 0.387 e. The first-order valence-electron chi connectivity index (χ1n) is 7.63. The summed E-state index contributed by atoms with van der Waals surface area (Å²) in [6.07, 6.45) is -2.04. The Kier molecular flexibility index (Phi) is 2.33. The van der Waals surface area contributed by atoms with Gasteiger partial charge in [-0.25, -0.2) is 0 Å². The van der Waals surface area contributed by atoms with E-state index in [1.807, 2.05) is 12.1 Å². The van der Waals surface area contributed by atoms with Gasteiger partial charge in [0, 0.05) is 0 Å². The standard InChI is InChI=1S/C19H16O3/c1-9-8-13-15(18-19(22-18)17(21)16(13)20)12-7-6-10-4-2-3-5-11(10)14(9)12/h2-8,16-21H,1H3/t16-,17+,18+,19-/m1/s1. The third-order valence-corrected chi connectivity index (χ3v) is 5.09. The van der Waals surface area contributed by atoms with Gasteiger partial charge in [-0.05, 0) is 45.2 Å². The number of rotatable bonds is 0. The summed E-state index contributed by atoms with van der Waals surface area (Å²) in [6.45, 7) is 2.06. The van der Waals surface area contributed by atoms with Crippen LogP contribution in [0.5, 0.6) is 0 Å². The molecule has 3 aromatic rings. The highest BCUT2D eigenvalue weighted by Crippen LogP contribution is 2.53. The molecule has 0 spiro atoms. The Morgan fingerprint density at radius 1 is 1.00 bits per heavy atom. The van der Waals surface area contributed by atoms with Crippen LogP contribution in [0.25, 0.3) is 21.5 Å². The van der Waals surface area contributed by atoms with Gasteiger partial charge in [-0.2, -0.15) is 0 Å². The number of fused-ring (bicyclic) bond motifs is 7. The second kappa shape index (κ2) is 4.07. The fourth-order valence-corrected chi connectivity index (χ4v) is 4.00. The summed E-state index contributed by atoms with van der Waals surface area (Å²) in [5, 5.41) is 25.3. The first kappa shape index (κ1) is 12.6. The molecule has 0 aromatic heterocycles. The monoisotopic (exact) mass is 292 g/mol. The van der Waals surface area contributed by atoms with Crippen LogP contribution in [0.1, 0.15) is 28.9 Å². The Bertz CT molecular complexity index is 931. The number of benzene rings is 3. The van der Waals surface area contributed by atoms with Crippen LogP contribution in [0.15, 0.2) is 42.5 Å². The Morgan fingerprint density at radius 2 is 1.82 bits per heavy atom. The summed E-state index contributed by atoms with van der Waals surface area (Å²) in [7, 11) is 0. The van der Waals surface area contributed by atoms with E-state index in [1.165, 1.54) is 16.2 Å². The summed E-state index contributed by atoms with van der Waals surface area (Å²) in [6, 6.07) is 14.6. The molecular weight excluding hydrogens is 276 g/mol. The van der Waals surface area contributed by atoms with E-state index in [4.69, 9.17) is 4.74 Å². The predicted octanol–water partition coefficient (Wildman–Crippen LogP) is 3.15. The van der Waals surface area contributed by atoms with Gasteiger partial charge in [-0.15, -0.1) is 0 Å². The molecule has 1 aliphatic carbocycles. The van der Waals surface area contributed by atoms with Crippen LogP contribution in [0, 0.1) is 6.92 Å². The molecule has 1 saturated heterocycles. The van der Waals surface area contributed by atoms with E-state index < -0.39 is 12.2 Å². The molecule has 1 aliphatic heterocycles. The van der Waals surface area contributed by atoms with E-state index in [2.05, 4.69) is 37.3 Å². The van der Waals surface area contributed by atoms with Crippen LogP contribution in [-0.4, -0.2) is 22.4 Å². The van der Waals surface area contributed by atoms with E-state index >= 15 is 0 Å². The lowest BCUT2D eigenvalue weighted by molar-refractivity contribution is 0.0000809. The molecule has 110 valence electrons. The Balaban J connectivity index is 1.94. The zero-order chi connectivity index (χ0) is 15.0. The van der Waals surface area contributed by atoms with Gasteiger partial charge < -0.3 is 14.9 Å². The quantitative estimate of drug-likeness (QED) is 0.494. The van der Waals surface area contributed by atoms with Gasteiger partial charge in [-0.3, -0.25) is 0 Å². The van der Waals surface area contributed by atoms with Gasteiger partial charge in [0.1, 0.15) is 24.4 Å². The third-order valence-electron chi connectivity index (χ3n) is 5.09. The van der Waals surface area contributed by atoms with Crippen molar-refractivity contribution in [2.75, 3.05) is 0 Å². The summed E-state index contributed by atoms with van der Waals surface area (Å²) in [5.41, 5.74) is 2.98. The molecule has 1 heterocycles. The Hall–Kier alpha value is -1.94. The first-order chi connectivity index (χ1) is 10.7. The van der Waals surface area contributed by atoms with Crippen molar-refractivity contribution < 1.29 is 14.9 Å². The molecule has 22 heavy (non-hydrogen) atoms. The molecular formula is C19H16O3. The van der Waals surface area contributed by atoms with Gasteiger partial charge in [0.05, 0.1) is 0 Å². The highest BCUT2D eigenvalue weighted by atomic mass is 16.6. The Labute approximate surface area is 127 Å². The van der Waals surface area contributed by atoms with Crippen molar-refractivity contribution in [3.8, 4) is 0 Å². The highest BCUT2D eigenvalue weighted by molar-refractivity contribution is 6.10. The number of hydrogen-bond acceptors (Lipinski definition) is 3. The maximum Gasteiger partial charge on any atom is 0.118 e. The number of ether oxygens (including phenoxy) is 1. The summed E-state index contributed by atoms with van der Waals surface area (Å²) < 4.78 is 5.64. The van der Waals surface area contributed by atoms with Crippen molar-refractivity contribution in [2.45, 2.75) is 31.3 Å². The van der Waals surface area contributed by atoms with Crippen LogP contribution in [0.2, 0.25) is 0 Å². The van der Waals surface area contributed by atoms with E-state index in [0.717, 1.165) is 22.1 Å². The molecule has 4 atom stereocenters. The second-order valence-corrected chi connectivity index (χ2v) is 6.36. The molecule has 0 bridgehead atoms. The fraction of sp³-hybridized carbons (Fsp3) is 0.263. The molecule has 0 radical (unpaired) electrons. The molecule has 0 saturated carbocycles. The third kappa shape index (κ3) is 1.46. The summed E-state index contributed by atoms with van der Waals surface area (Å²) >= 11 is 0. The SMILES string of the molecule is Cc1cc2c(c3ccc4ccccc4c13)[C@@H]1O[C@@H]1[C@@H](O)[C@@H]2O. The molecule has 2 aliphatic rings. The number of aryl methyl sites for hydroxylation is 1. The van der Waals surface area contributed by atoms with Crippen LogP contribution < -0.4 is 0 Å². The molecule has 0 amide bonds. The molecule has 0 unspecified atom stereocenters. The van der Waals surface area contributed by atoms with Crippen LogP contribution >= 0.6 is 0 Å². The number of aliphatic hydroxyl groups excluding tert-OH is 2. The van der Waals surface area contributed by atoms with E-state index in [9.17, 15) is 10.2 Å². The van der Waals surface area contributed by atoms with Gasteiger partial charge in [0.15, 0.2) is 0 Å². The molecule has 3 aromatic carbocycles. The van der Waals surface area contributed by atoms with E-state index in [0.29, 0.717) is 0 Å². The van der Waals surface area contributed by atoms with Crippen molar-refractivity contribution in [3.05, 3.63) is 59.2 Å². The molecule has 3 heteroatoms. The number of epoxide rings is 1. The lowest BCUT2D eigenvalue weighted by Crippen LogP contribution is -2.29. The molecule has 1 fully saturated rings. The fourth-order valence-electron chi connectivity index (χ4n) is 4.00. The van der Waals surface area contributed by atoms with Crippen molar-refractivity contribution in [3.63, 3.8) is 0 Å². The summed E-state index contributed by atoms with van der Waals surface area (Å²) in [4.78, 5) is 0. The van der Waals surface area contributed by atoms with Crippen molar-refractivity contribution in [1.82, 2.24) is 0 Å². The minimum Gasteiger partial charge on any atom is -0.387 e. The molecule has 5 rings (SSSR count). The topological polar surface area (TPSA) is 53.0 Å². The lowest BCUT2D eigenvalue weighted by atomic mass is 9.82. The smallest absolute Gasteiger partial charge is 0.118 e. The minimum atomic E-state index is -0.867. The number of aliphatic hydroxyl groups is 2. The zero-order valence-electron chi connectivity index (χ0n) is 12.2. The van der Waals surface area contributed by atoms with Gasteiger partial charge in [0.25, 0.3) is 0 Å². The van der Waals surface area contributed by atoms with Gasteiger partial charge >= 0.3 is 0 Å². The maximum absolute atomic E-state index is 10.4. The first-order valence-corrected chi connectivity index (χ1v) is 7.63. The Morgan fingerprint density at radius 3 is 2.68 bits per heavy atom. The second-order valence-electron chi connectivity index (χ2n) is 6.36. The number of hydrogen-bond donors (Lipinski definition) is 2. The molecule has 3 nitrogen and oxygen atoms in total. The van der Waals surface area contributed by atoms with Crippen LogP contribution in [-0.2, 0) is 4.74 Å². The van der Waals surface area contributed by atoms with Crippen LogP contribution in [0.4, 0.5) is 0 Å². The molecule has 2 N–H and O–H groups in total.